The number of carbonyl (C=O) groups is 4. The molecule has 1 N–H and O–H groups in total. The Morgan fingerprint density at radius 2 is 1.96 bits per heavy atom. The normalized spacial score (nSPS) is 23.0. The van der Waals surface area contributed by atoms with Gasteiger partial charge in [-0.25, -0.2) is 9.59 Å². The van der Waals surface area contributed by atoms with E-state index >= 15 is 0 Å². The van der Waals surface area contributed by atoms with Crippen LogP contribution in [0.25, 0.3) is 0 Å². The van der Waals surface area contributed by atoms with Gasteiger partial charge in [-0.3, -0.25) is 9.59 Å². The molecule has 1 aromatic carbocycles. The molecule has 0 radical (unpaired) electrons. The van der Waals surface area contributed by atoms with Crippen molar-refractivity contribution < 1.29 is 38.5 Å². The zero-order valence-electron chi connectivity index (χ0n) is 12.2. The fraction of sp³-hybridized carbons (Fsp3) is 0.333. The molecule has 2 rings (SSSR count). The van der Waals surface area contributed by atoms with Crippen LogP contribution in [0.3, 0.4) is 0 Å². The summed E-state index contributed by atoms with van der Waals surface area (Å²) in [5.41, 5.74) is -1.74. The molecular weight excluding hydrogens is 308 g/mol. The van der Waals surface area contributed by atoms with Gasteiger partial charge < -0.3 is 19.3 Å². The molecule has 0 aliphatic carbocycles. The maximum absolute atomic E-state index is 12.1. The Morgan fingerprint density at radius 1 is 1.30 bits per heavy atom. The lowest BCUT2D eigenvalue weighted by molar-refractivity contribution is -0.192. The van der Waals surface area contributed by atoms with E-state index in [0.717, 1.165) is 6.92 Å². The Balaban J connectivity index is 2.17. The van der Waals surface area contributed by atoms with Gasteiger partial charge in [0.05, 0.1) is 0 Å². The maximum Gasteiger partial charge on any atom is 0.353 e. The second kappa shape index (κ2) is 6.47. The number of carboxylic acids is 1. The molecule has 0 bridgehead atoms. The van der Waals surface area contributed by atoms with Crippen LogP contribution >= 0.6 is 0 Å². The molecule has 8 heteroatoms. The van der Waals surface area contributed by atoms with Gasteiger partial charge in [0, 0.05) is 6.92 Å². The summed E-state index contributed by atoms with van der Waals surface area (Å²) in [4.78, 5) is 46.2. The fourth-order valence-corrected chi connectivity index (χ4v) is 2.20. The molecule has 0 amide bonds. The van der Waals surface area contributed by atoms with Crippen LogP contribution in [0.15, 0.2) is 30.3 Å². The Labute approximate surface area is 130 Å². The lowest BCUT2D eigenvalue weighted by atomic mass is 9.95. The molecular formula is C15H14O8. The summed E-state index contributed by atoms with van der Waals surface area (Å²) in [5.74, 6) is -4.66. The van der Waals surface area contributed by atoms with Gasteiger partial charge in [0.2, 0.25) is 6.10 Å². The molecule has 8 nitrogen and oxygen atoms in total. The molecule has 1 saturated heterocycles. The van der Waals surface area contributed by atoms with Crippen LogP contribution in [-0.4, -0.2) is 40.7 Å². The van der Waals surface area contributed by atoms with Gasteiger partial charge in [-0.2, -0.15) is 0 Å². The molecule has 122 valence electrons. The van der Waals surface area contributed by atoms with Crippen molar-refractivity contribution >= 4 is 23.9 Å². The van der Waals surface area contributed by atoms with Gasteiger partial charge in [0.25, 0.3) is 5.60 Å². The third-order valence-corrected chi connectivity index (χ3v) is 3.21. The Morgan fingerprint density at radius 3 is 2.52 bits per heavy atom. The van der Waals surface area contributed by atoms with Gasteiger partial charge in [-0.1, -0.05) is 30.3 Å². The van der Waals surface area contributed by atoms with Crippen LogP contribution in [0.5, 0.6) is 0 Å². The topological polar surface area (TPSA) is 116 Å². The summed E-state index contributed by atoms with van der Waals surface area (Å²) in [5, 5.41) is 9.32. The first-order valence-electron chi connectivity index (χ1n) is 6.68. The second-order valence-corrected chi connectivity index (χ2v) is 4.93. The van der Waals surface area contributed by atoms with E-state index < -0.39 is 42.0 Å². The minimum absolute atomic E-state index is 0.135. The SMILES string of the molecule is CC(=O)OC1(C(=O)O)CC(=O)OC1C(=O)OCc1ccccc1. The van der Waals surface area contributed by atoms with Crippen molar-refractivity contribution in [3.05, 3.63) is 35.9 Å². The number of carboxylic acid groups (broad SMARTS) is 1. The van der Waals surface area contributed by atoms with Gasteiger partial charge in [0.1, 0.15) is 13.0 Å². The summed E-state index contributed by atoms with van der Waals surface area (Å²) in [6, 6.07) is 8.65. The van der Waals surface area contributed by atoms with Crippen LogP contribution in [-0.2, 0) is 40.0 Å². The van der Waals surface area contributed by atoms with E-state index in [0.29, 0.717) is 5.56 Å². The van der Waals surface area contributed by atoms with E-state index in [1.807, 2.05) is 0 Å². The molecule has 23 heavy (non-hydrogen) atoms. The van der Waals surface area contributed by atoms with E-state index in [1.54, 1.807) is 30.3 Å². The number of carbonyl (C=O) groups excluding carboxylic acids is 3. The molecule has 1 heterocycles. The number of hydrogen-bond donors (Lipinski definition) is 1. The van der Waals surface area contributed by atoms with Crippen LogP contribution in [0.4, 0.5) is 0 Å². The summed E-state index contributed by atoms with van der Waals surface area (Å²) >= 11 is 0. The first-order valence-corrected chi connectivity index (χ1v) is 6.68. The summed E-state index contributed by atoms with van der Waals surface area (Å²) in [7, 11) is 0. The highest BCUT2D eigenvalue weighted by atomic mass is 16.6. The molecule has 1 aliphatic heterocycles. The Hall–Kier alpha value is -2.90. The number of cyclic esters (lactones) is 1. The predicted molar refractivity (Wildman–Crippen MR) is 72.9 cm³/mol. The lowest BCUT2D eigenvalue weighted by Crippen LogP contribution is -2.53. The monoisotopic (exact) mass is 322 g/mol. The van der Waals surface area contributed by atoms with Gasteiger partial charge in [-0.05, 0) is 5.56 Å². The minimum Gasteiger partial charge on any atom is -0.478 e. The van der Waals surface area contributed by atoms with E-state index in [2.05, 4.69) is 0 Å². The van der Waals surface area contributed by atoms with E-state index in [4.69, 9.17) is 14.2 Å². The summed E-state index contributed by atoms with van der Waals surface area (Å²) in [6.45, 7) is 0.837. The first kappa shape index (κ1) is 16.5. The Bertz CT molecular complexity index is 638. The quantitative estimate of drug-likeness (QED) is 0.613. The van der Waals surface area contributed by atoms with Crippen molar-refractivity contribution in [3.63, 3.8) is 0 Å². The fourth-order valence-electron chi connectivity index (χ4n) is 2.20. The van der Waals surface area contributed by atoms with Gasteiger partial charge >= 0.3 is 23.9 Å². The average Bonchev–Trinajstić information content (AvgIpc) is 2.83. The zero-order chi connectivity index (χ0) is 17.0. The third kappa shape index (κ3) is 3.47. The van der Waals surface area contributed by atoms with Crippen LogP contribution < -0.4 is 0 Å². The molecule has 0 saturated carbocycles. The van der Waals surface area contributed by atoms with Crippen molar-refractivity contribution in [1.29, 1.82) is 0 Å². The summed E-state index contributed by atoms with van der Waals surface area (Å²) < 4.78 is 14.4. The van der Waals surface area contributed by atoms with Crippen molar-refractivity contribution in [1.82, 2.24) is 0 Å². The van der Waals surface area contributed by atoms with Gasteiger partial charge in [-0.15, -0.1) is 0 Å². The molecule has 1 aliphatic rings. The number of esters is 3. The highest BCUT2D eigenvalue weighted by Crippen LogP contribution is 2.32. The molecule has 1 aromatic rings. The number of ether oxygens (including phenoxy) is 3. The second-order valence-electron chi connectivity index (χ2n) is 4.93. The number of aliphatic carboxylic acids is 1. The lowest BCUT2D eigenvalue weighted by Gasteiger charge is -2.26. The van der Waals surface area contributed by atoms with E-state index in [-0.39, 0.29) is 6.61 Å². The van der Waals surface area contributed by atoms with E-state index in [1.165, 1.54) is 0 Å². The van der Waals surface area contributed by atoms with Crippen molar-refractivity contribution in [3.8, 4) is 0 Å². The van der Waals surface area contributed by atoms with Crippen molar-refractivity contribution in [2.75, 3.05) is 0 Å². The van der Waals surface area contributed by atoms with Crippen LogP contribution in [0, 0.1) is 0 Å². The highest BCUT2D eigenvalue weighted by Gasteiger charge is 2.62. The largest absolute Gasteiger partial charge is 0.478 e. The minimum atomic E-state index is -2.41. The van der Waals surface area contributed by atoms with E-state index in [9.17, 15) is 24.3 Å². The molecule has 2 atom stereocenters. The highest BCUT2D eigenvalue weighted by molar-refractivity contribution is 5.98. The first-order chi connectivity index (χ1) is 10.8. The summed E-state index contributed by atoms with van der Waals surface area (Å²) in [6.07, 6.45) is -2.60. The van der Waals surface area contributed by atoms with Crippen molar-refractivity contribution in [2.45, 2.75) is 31.7 Å². The molecule has 0 spiro atoms. The molecule has 2 unspecified atom stereocenters. The van der Waals surface area contributed by atoms with Gasteiger partial charge in [0.15, 0.2) is 0 Å². The average molecular weight is 322 g/mol. The third-order valence-electron chi connectivity index (χ3n) is 3.21. The molecule has 0 aromatic heterocycles. The predicted octanol–water partition coefficient (Wildman–Crippen LogP) is 0.432. The van der Waals surface area contributed by atoms with Crippen LogP contribution in [0.1, 0.15) is 18.9 Å². The maximum atomic E-state index is 12.1. The van der Waals surface area contributed by atoms with Crippen LogP contribution in [0.2, 0.25) is 0 Å². The number of benzene rings is 1. The smallest absolute Gasteiger partial charge is 0.353 e. The Kier molecular flexibility index (Phi) is 4.63. The standard InChI is InChI=1S/C15H14O8/c1-9(16)23-15(14(19)20)7-11(17)22-12(15)13(18)21-8-10-5-3-2-4-6-10/h2-6,12H,7-8H2,1H3,(H,19,20). The number of rotatable bonds is 5. The van der Waals surface area contributed by atoms with Crippen molar-refractivity contribution in [2.24, 2.45) is 0 Å². The zero-order valence-corrected chi connectivity index (χ0v) is 12.2. The number of hydrogen-bond acceptors (Lipinski definition) is 7. The molecule has 1 fully saturated rings.